The number of nitrogens with one attached hydrogen (secondary N) is 2. The third-order valence-electron chi connectivity index (χ3n) is 4.12. The van der Waals surface area contributed by atoms with E-state index in [2.05, 4.69) is 4.98 Å². The van der Waals surface area contributed by atoms with Gasteiger partial charge in [0.15, 0.2) is 17.6 Å². The molecule has 0 spiro atoms. The van der Waals surface area contributed by atoms with Crippen LogP contribution in [0.2, 0.25) is 0 Å². The Bertz CT molecular complexity index is 888. The highest BCUT2D eigenvalue weighted by molar-refractivity contribution is 5.90. The number of halogens is 2. The van der Waals surface area contributed by atoms with Crippen molar-refractivity contribution in [3.8, 4) is 11.1 Å². The normalized spacial score (nSPS) is 13.9. The Kier molecular flexibility index (Phi) is 5.99. The molecule has 1 amide bonds. The lowest BCUT2D eigenvalue weighted by Crippen LogP contribution is -2.37. The van der Waals surface area contributed by atoms with E-state index in [4.69, 9.17) is 20.6 Å². The number of carbonyl (C=O) groups is 1. The number of hydrogen-bond donors (Lipinski definition) is 3. The van der Waals surface area contributed by atoms with E-state index >= 15 is 0 Å². The van der Waals surface area contributed by atoms with Crippen LogP contribution in [0.15, 0.2) is 30.5 Å². The summed E-state index contributed by atoms with van der Waals surface area (Å²) < 4.78 is 39.4. The number of alkyl carbamates (subject to hydrolysis) is 1. The Balaban J connectivity index is 1.79. The minimum absolute atomic E-state index is 0.0915. The highest BCUT2D eigenvalue weighted by atomic mass is 19.1. The van der Waals surface area contributed by atoms with Gasteiger partial charge in [0, 0.05) is 36.0 Å². The summed E-state index contributed by atoms with van der Waals surface area (Å²) in [6, 6.07) is 5.71. The van der Waals surface area contributed by atoms with Crippen LogP contribution in [0.25, 0.3) is 11.1 Å². The minimum atomic E-state index is -0.972. The summed E-state index contributed by atoms with van der Waals surface area (Å²) in [6.45, 7) is 1.69. The fourth-order valence-electron chi connectivity index (χ4n) is 2.79. The first-order valence-electron chi connectivity index (χ1n) is 8.49. The minimum Gasteiger partial charge on any atom is -0.444 e. The Morgan fingerprint density at radius 3 is 2.79 bits per heavy atom. The maximum Gasteiger partial charge on any atom is 0.414 e. The van der Waals surface area contributed by atoms with Gasteiger partial charge in [-0.2, -0.15) is 0 Å². The van der Waals surface area contributed by atoms with E-state index in [1.54, 1.807) is 11.0 Å². The van der Waals surface area contributed by atoms with Crippen molar-refractivity contribution in [1.82, 2.24) is 10.3 Å². The van der Waals surface area contributed by atoms with E-state index < -0.39 is 23.7 Å². The van der Waals surface area contributed by atoms with Crippen molar-refractivity contribution in [2.24, 2.45) is 5.73 Å². The number of guanidine groups is 1. The van der Waals surface area contributed by atoms with Gasteiger partial charge in [0.25, 0.3) is 0 Å². The summed E-state index contributed by atoms with van der Waals surface area (Å²) in [4.78, 5) is 17.3. The number of morpholine rings is 1. The van der Waals surface area contributed by atoms with Gasteiger partial charge in [-0.15, -0.1) is 0 Å². The molecule has 1 aliphatic rings. The molecule has 2 heterocycles. The lowest BCUT2D eigenvalue weighted by atomic mass is 10.0. The van der Waals surface area contributed by atoms with E-state index in [1.807, 2.05) is 5.32 Å². The second kappa shape index (κ2) is 8.61. The van der Waals surface area contributed by atoms with Crippen LogP contribution in [0.5, 0.6) is 0 Å². The molecule has 4 N–H and O–H groups in total. The van der Waals surface area contributed by atoms with Crippen LogP contribution >= 0.6 is 0 Å². The Labute approximate surface area is 159 Å². The van der Waals surface area contributed by atoms with Crippen molar-refractivity contribution < 1.29 is 23.0 Å². The van der Waals surface area contributed by atoms with Crippen LogP contribution < -0.4 is 16.0 Å². The molecule has 1 saturated heterocycles. The molecule has 1 fully saturated rings. The standard InChI is InChI=1S/C18H19F2N5O3/c19-14-8-12(9-23-16(14)25-4-6-27-7-5-25)13-3-1-2-11(15(13)20)10-28-18(26)24-17(21)22/h1-3,8-9H,4-7,10H2,(H4,21,22,24,26). The molecular formula is C18H19F2N5O3. The SMILES string of the molecule is N=C(N)NC(=O)OCc1cccc(-c2cnc(N3CCOCC3)c(F)c2)c1F. The van der Waals surface area contributed by atoms with Crippen molar-refractivity contribution in [2.45, 2.75) is 6.61 Å². The number of anilines is 1. The summed E-state index contributed by atoms with van der Waals surface area (Å²) in [5.41, 5.74) is 5.51. The number of ether oxygens (including phenoxy) is 2. The molecule has 0 atom stereocenters. The van der Waals surface area contributed by atoms with Crippen molar-refractivity contribution in [3.05, 3.63) is 47.7 Å². The largest absolute Gasteiger partial charge is 0.444 e. The molecule has 1 aromatic carbocycles. The lowest BCUT2D eigenvalue weighted by Gasteiger charge is -2.28. The highest BCUT2D eigenvalue weighted by Crippen LogP contribution is 2.28. The molecule has 0 aliphatic carbocycles. The molecule has 0 radical (unpaired) electrons. The number of nitrogens with zero attached hydrogens (tertiary/aromatic N) is 2. The average molecular weight is 391 g/mol. The summed E-state index contributed by atoms with van der Waals surface area (Å²) in [6.07, 6.45) is 0.430. The number of aromatic nitrogens is 1. The van der Waals surface area contributed by atoms with Gasteiger partial charge in [0.2, 0.25) is 0 Å². The third kappa shape index (κ3) is 4.52. The molecule has 1 aliphatic heterocycles. The zero-order chi connectivity index (χ0) is 20.1. The van der Waals surface area contributed by atoms with Crippen LogP contribution in [0, 0.1) is 17.0 Å². The number of hydrogen-bond acceptors (Lipinski definition) is 6. The van der Waals surface area contributed by atoms with E-state index in [0.717, 1.165) is 0 Å². The van der Waals surface area contributed by atoms with E-state index in [9.17, 15) is 13.6 Å². The van der Waals surface area contributed by atoms with Crippen LogP contribution in [0.3, 0.4) is 0 Å². The first-order valence-corrected chi connectivity index (χ1v) is 8.49. The fraction of sp³-hybridized carbons (Fsp3) is 0.278. The van der Waals surface area contributed by atoms with Gasteiger partial charge in [0.1, 0.15) is 12.4 Å². The van der Waals surface area contributed by atoms with Gasteiger partial charge in [-0.05, 0) is 6.07 Å². The second-order valence-electron chi connectivity index (χ2n) is 6.02. The number of carbonyl (C=O) groups excluding carboxylic acids is 1. The second-order valence-corrected chi connectivity index (χ2v) is 6.02. The topological polar surface area (TPSA) is 114 Å². The van der Waals surface area contributed by atoms with Gasteiger partial charge >= 0.3 is 6.09 Å². The van der Waals surface area contributed by atoms with Gasteiger partial charge < -0.3 is 20.1 Å². The first kappa shape index (κ1) is 19.5. The molecule has 8 nitrogen and oxygen atoms in total. The molecule has 0 bridgehead atoms. The predicted octanol–water partition coefficient (Wildman–Crippen LogP) is 1.98. The number of amides is 1. The molecule has 148 valence electrons. The van der Waals surface area contributed by atoms with E-state index in [-0.39, 0.29) is 29.1 Å². The Morgan fingerprint density at radius 1 is 1.36 bits per heavy atom. The number of benzene rings is 1. The molecule has 0 saturated carbocycles. The number of pyridine rings is 1. The molecule has 2 aromatic rings. The number of rotatable bonds is 4. The summed E-state index contributed by atoms with van der Waals surface area (Å²) >= 11 is 0. The Hall–Kier alpha value is -3.27. The molecular weight excluding hydrogens is 372 g/mol. The van der Waals surface area contributed by atoms with Gasteiger partial charge in [0.05, 0.1) is 13.2 Å². The van der Waals surface area contributed by atoms with E-state index in [1.165, 1.54) is 24.4 Å². The smallest absolute Gasteiger partial charge is 0.414 e. The molecule has 1 aromatic heterocycles. The summed E-state index contributed by atoms with van der Waals surface area (Å²) in [5.74, 6) is -1.59. The predicted molar refractivity (Wildman–Crippen MR) is 97.9 cm³/mol. The van der Waals surface area contributed by atoms with Crippen molar-refractivity contribution in [2.75, 3.05) is 31.2 Å². The maximum absolute atomic E-state index is 14.8. The van der Waals surface area contributed by atoms with E-state index in [0.29, 0.717) is 26.3 Å². The Morgan fingerprint density at radius 2 is 2.11 bits per heavy atom. The van der Waals surface area contributed by atoms with Gasteiger partial charge in [-0.1, -0.05) is 18.2 Å². The van der Waals surface area contributed by atoms with Gasteiger partial charge in [-0.3, -0.25) is 10.7 Å². The molecule has 10 heteroatoms. The first-order chi connectivity index (χ1) is 13.5. The zero-order valence-corrected chi connectivity index (χ0v) is 14.9. The average Bonchev–Trinajstić information content (AvgIpc) is 2.67. The van der Waals surface area contributed by atoms with Crippen LogP contribution in [0.1, 0.15) is 5.56 Å². The molecule has 3 rings (SSSR count). The molecule has 0 unspecified atom stereocenters. The maximum atomic E-state index is 14.8. The van der Waals surface area contributed by atoms with Crippen molar-refractivity contribution in [3.63, 3.8) is 0 Å². The van der Waals surface area contributed by atoms with Crippen LogP contribution in [-0.4, -0.2) is 43.3 Å². The third-order valence-corrected chi connectivity index (χ3v) is 4.12. The fourth-order valence-corrected chi connectivity index (χ4v) is 2.79. The zero-order valence-electron chi connectivity index (χ0n) is 14.9. The van der Waals surface area contributed by atoms with Crippen molar-refractivity contribution in [1.29, 1.82) is 5.41 Å². The quantitative estimate of drug-likeness (QED) is 0.543. The highest BCUT2D eigenvalue weighted by Gasteiger charge is 2.19. The summed E-state index contributed by atoms with van der Waals surface area (Å²) in [5, 5.41) is 8.87. The van der Waals surface area contributed by atoms with Gasteiger partial charge in [-0.25, -0.2) is 18.6 Å². The number of nitrogens with two attached hydrogens (primary N) is 1. The summed E-state index contributed by atoms with van der Waals surface area (Å²) in [7, 11) is 0. The van der Waals surface area contributed by atoms with Crippen molar-refractivity contribution >= 4 is 17.9 Å². The molecule has 28 heavy (non-hydrogen) atoms. The van der Waals surface area contributed by atoms with Crippen LogP contribution in [0.4, 0.5) is 19.4 Å². The van der Waals surface area contributed by atoms with Crippen LogP contribution in [-0.2, 0) is 16.1 Å². The monoisotopic (exact) mass is 391 g/mol. The lowest BCUT2D eigenvalue weighted by molar-refractivity contribution is 0.122.